The lowest BCUT2D eigenvalue weighted by atomic mass is 10.2. The third-order valence-corrected chi connectivity index (χ3v) is 7.04. The zero-order valence-corrected chi connectivity index (χ0v) is 19.0. The molecule has 2 aliphatic heterocycles. The number of carbonyl (C=O) groups excluding carboxylic acids is 3. The summed E-state index contributed by atoms with van der Waals surface area (Å²) < 4.78 is 0. The summed E-state index contributed by atoms with van der Waals surface area (Å²) in [7, 11) is 0. The number of piperazine rings is 1. The first-order valence-corrected chi connectivity index (χ1v) is 11.7. The third-order valence-electron chi connectivity index (χ3n) is 5.78. The van der Waals surface area contributed by atoms with Gasteiger partial charge in [-0.3, -0.25) is 9.59 Å². The van der Waals surface area contributed by atoms with Crippen molar-refractivity contribution in [3.8, 4) is 0 Å². The van der Waals surface area contributed by atoms with Crippen LogP contribution in [0.5, 0.6) is 0 Å². The van der Waals surface area contributed by atoms with Crippen molar-refractivity contribution in [2.45, 2.75) is 50.2 Å². The van der Waals surface area contributed by atoms with Crippen LogP contribution in [-0.2, 0) is 9.59 Å². The van der Waals surface area contributed by atoms with Crippen molar-refractivity contribution in [1.29, 1.82) is 0 Å². The molecule has 0 aromatic heterocycles. The van der Waals surface area contributed by atoms with Crippen molar-refractivity contribution in [3.63, 3.8) is 0 Å². The van der Waals surface area contributed by atoms with Gasteiger partial charge in [0.15, 0.2) is 0 Å². The summed E-state index contributed by atoms with van der Waals surface area (Å²) >= 11 is 1.84. The van der Waals surface area contributed by atoms with Gasteiger partial charge in [0.05, 0.1) is 0 Å². The summed E-state index contributed by atoms with van der Waals surface area (Å²) in [5, 5.41) is 3.54. The Labute approximate surface area is 183 Å². The van der Waals surface area contributed by atoms with Crippen molar-refractivity contribution < 1.29 is 14.4 Å². The minimum Gasteiger partial charge on any atom is -0.334 e. The number of amides is 4. The summed E-state index contributed by atoms with van der Waals surface area (Å²) in [6.07, 6.45) is 3.04. The molecule has 2 fully saturated rings. The molecule has 3 rings (SSSR count). The Hall–Kier alpha value is -2.22. The van der Waals surface area contributed by atoms with E-state index in [2.05, 4.69) is 25.2 Å². The standard InChI is InChI=1S/C22H32N4O3S/c1-4-17(3)30-18-7-8-19(16(2)15-18)23-22(29)26-13-11-25(12-14-26)21(28)20(27)24-9-5-6-10-24/h7-8,15,17H,4-6,9-14H2,1-3H3,(H,23,29). The number of hydrogen-bond donors (Lipinski definition) is 1. The van der Waals surface area contributed by atoms with Crippen LogP contribution in [0.25, 0.3) is 0 Å². The molecule has 2 heterocycles. The number of likely N-dealkylation sites (tertiary alicyclic amines) is 1. The van der Waals surface area contributed by atoms with Crippen LogP contribution in [-0.4, -0.2) is 77.1 Å². The molecular weight excluding hydrogens is 400 g/mol. The molecule has 0 bridgehead atoms. The molecule has 1 aromatic carbocycles. The number of benzene rings is 1. The Morgan fingerprint density at radius 1 is 0.967 bits per heavy atom. The number of nitrogens with one attached hydrogen (secondary N) is 1. The highest BCUT2D eigenvalue weighted by molar-refractivity contribution is 7.99. The van der Waals surface area contributed by atoms with Gasteiger partial charge in [-0.05, 0) is 49.9 Å². The molecule has 2 aliphatic rings. The topological polar surface area (TPSA) is 73.0 Å². The number of urea groups is 1. The van der Waals surface area contributed by atoms with Gasteiger partial charge in [-0.25, -0.2) is 4.79 Å². The maximum Gasteiger partial charge on any atom is 0.321 e. The molecule has 1 atom stereocenters. The quantitative estimate of drug-likeness (QED) is 0.586. The first-order chi connectivity index (χ1) is 14.4. The molecule has 1 unspecified atom stereocenters. The van der Waals surface area contributed by atoms with Gasteiger partial charge in [-0.1, -0.05) is 13.8 Å². The lowest BCUT2D eigenvalue weighted by Crippen LogP contribution is -2.54. The van der Waals surface area contributed by atoms with Crippen LogP contribution in [0.15, 0.2) is 23.1 Å². The Bertz CT molecular complexity index is 787. The molecule has 164 valence electrons. The number of hydrogen-bond acceptors (Lipinski definition) is 4. The second-order valence-corrected chi connectivity index (χ2v) is 9.53. The SMILES string of the molecule is CCC(C)Sc1ccc(NC(=O)N2CCN(C(=O)C(=O)N3CCCC3)CC2)c(C)c1. The van der Waals surface area contributed by atoms with E-state index in [0.717, 1.165) is 30.5 Å². The summed E-state index contributed by atoms with van der Waals surface area (Å²) in [5.74, 6) is -0.849. The Morgan fingerprint density at radius 2 is 1.53 bits per heavy atom. The number of rotatable bonds is 4. The molecule has 2 saturated heterocycles. The van der Waals surface area contributed by atoms with E-state index in [0.29, 0.717) is 44.5 Å². The Kier molecular flexibility index (Phi) is 7.64. The lowest BCUT2D eigenvalue weighted by Gasteiger charge is -2.35. The van der Waals surface area contributed by atoms with Crippen LogP contribution in [0.4, 0.5) is 10.5 Å². The molecule has 0 radical (unpaired) electrons. The van der Waals surface area contributed by atoms with Crippen molar-refractivity contribution >= 4 is 35.3 Å². The minimum atomic E-state index is -0.442. The van der Waals surface area contributed by atoms with Gasteiger partial charge in [0.2, 0.25) is 0 Å². The van der Waals surface area contributed by atoms with Crippen LogP contribution >= 0.6 is 11.8 Å². The molecular formula is C22H32N4O3S. The third kappa shape index (κ3) is 5.47. The van der Waals surface area contributed by atoms with E-state index in [-0.39, 0.29) is 6.03 Å². The Morgan fingerprint density at radius 3 is 2.10 bits per heavy atom. The van der Waals surface area contributed by atoms with Gasteiger partial charge in [0.25, 0.3) is 0 Å². The highest BCUT2D eigenvalue weighted by Gasteiger charge is 2.31. The van der Waals surface area contributed by atoms with Gasteiger partial charge in [0.1, 0.15) is 0 Å². The molecule has 0 saturated carbocycles. The maximum absolute atomic E-state index is 12.7. The zero-order valence-electron chi connectivity index (χ0n) is 18.1. The van der Waals surface area contributed by atoms with Gasteiger partial charge >= 0.3 is 17.8 Å². The number of aryl methyl sites for hydroxylation is 1. The van der Waals surface area contributed by atoms with E-state index in [4.69, 9.17) is 0 Å². The number of nitrogens with zero attached hydrogens (tertiary/aromatic N) is 3. The maximum atomic E-state index is 12.7. The normalized spacial score (nSPS) is 17.8. The summed E-state index contributed by atoms with van der Waals surface area (Å²) in [5.41, 5.74) is 1.83. The fourth-order valence-corrected chi connectivity index (χ4v) is 4.69. The first-order valence-electron chi connectivity index (χ1n) is 10.8. The van der Waals surface area contributed by atoms with E-state index in [9.17, 15) is 14.4 Å². The van der Waals surface area contributed by atoms with Gasteiger partial charge in [0, 0.05) is 55.1 Å². The first kappa shape index (κ1) is 22.5. The van der Waals surface area contributed by atoms with E-state index in [1.165, 1.54) is 4.90 Å². The summed E-state index contributed by atoms with van der Waals surface area (Å²) in [4.78, 5) is 43.5. The largest absolute Gasteiger partial charge is 0.334 e. The molecule has 8 heteroatoms. The highest BCUT2D eigenvalue weighted by atomic mass is 32.2. The predicted molar refractivity (Wildman–Crippen MR) is 120 cm³/mol. The molecule has 4 amide bonds. The van der Waals surface area contributed by atoms with Crippen molar-refractivity contribution in [2.24, 2.45) is 0 Å². The fourth-order valence-electron chi connectivity index (χ4n) is 3.66. The monoisotopic (exact) mass is 432 g/mol. The van der Waals surface area contributed by atoms with Crippen molar-refractivity contribution in [3.05, 3.63) is 23.8 Å². The zero-order chi connectivity index (χ0) is 21.7. The second kappa shape index (κ2) is 10.2. The highest BCUT2D eigenvalue weighted by Crippen LogP contribution is 2.28. The molecule has 1 N–H and O–H groups in total. The second-order valence-electron chi connectivity index (χ2n) is 8.02. The van der Waals surface area contributed by atoms with Crippen LogP contribution in [0.1, 0.15) is 38.7 Å². The van der Waals surface area contributed by atoms with Gasteiger partial charge < -0.3 is 20.0 Å². The van der Waals surface area contributed by atoms with Crippen LogP contribution in [0.3, 0.4) is 0 Å². The molecule has 30 heavy (non-hydrogen) atoms. The molecule has 0 aliphatic carbocycles. The number of carbonyl (C=O) groups is 3. The number of thioether (sulfide) groups is 1. The predicted octanol–water partition coefficient (Wildman–Crippen LogP) is 3.18. The average molecular weight is 433 g/mol. The van der Waals surface area contributed by atoms with Gasteiger partial charge in [-0.2, -0.15) is 0 Å². The lowest BCUT2D eigenvalue weighted by molar-refractivity contribution is -0.152. The van der Waals surface area contributed by atoms with Crippen LogP contribution in [0.2, 0.25) is 0 Å². The van der Waals surface area contributed by atoms with E-state index < -0.39 is 11.8 Å². The fraction of sp³-hybridized carbons (Fsp3) is 0.591. The van der Waals surface area contributed by atoms with Crippen molar-refractivity contribution in [2.75, 3.05) is 44.6 Å². The molecule has 1 aromatic rings. The average Bonchev–Trinajstić information content (AvgIpc) is 3.29. The Balaban J connectivity index is 1.50. The minimum absolute atomic E-state index is 0.168. The van der Waals surface area contributed by atoms with E-state index in [1.54, 1.807) is 14.7 Å². The van der Waals surface area contributed by atoms with Crippen LogP contribution in [0, 0.1) is 6.92 Å². The van der Waals surface area contributed by atoms with Gasteiger partial charge in [-0.15, -0.1) is 11.8 Å². The molecule has 0 spiro atoms. The van der Waals surface area contributed by atoms with Crippen LogP contribution < -0.4 is 5.32 Å². The number of anilines is 1. The van der Waals surface area contributed by atoms with Crippen molar-refractivity contribution in [1.82, 2.24) is 14.7 Å². The molecule has 7 nitrogen and oxygen atoms in total. The summed E-state index contributed by atoms with van der Waals surface area (Å²) in [6, 6.07) is 5.93. The van der Waals surface area contributed by atoms with E-state index in [1.807, 2.05) is 30.8 Å². The smallest absolute Gasteiger partial charge is 0.321 e. The van der Waals surface area contributed by atoms with E-state index >= 15 is 0 Å². The summed E-state index contributed by atoms with van der Waals surface area (Å²) in [6.45, 7) is 9.33.